The summed E-state index contributed by atoms with van der Waals surface area (Å²) < 4.78 is 37.3. The molecular weight excluding hydrogens is 397 g/mol. The van der Waals surface area contributed by atoms with Crippen LogP contribution in [-0.4, -0.2) is 39.8 Å². The van der Waals surface area contributed by atoms with Gasteiger partial charge in [0.25, 0.3) is 0 Å². The van der Waals surface area contributed by atoms with E-state index < -0.39 is 15.7 Å². The van der Waals surface area contributed by atoms with Gasteiger partial charge in [0.05, 0.1) is 16.5 Å². The van der Waals surface area contributed by atoms with Crippen LogP contribution in [0.5, 0.6) is 0 Å². The molecule has 9 nitrogen and oxygen atoms in total. The molecular formula is C18H16FN7O2S. The van der Waals surface area contributed by atoms with Crippen LogP contribution in [0.25, 0.3) is 11.0 Å². The fourth-order valence-corrected chi connectivity index (χ4v) is 3.78. The zero-order valence-electron chi connectivity index (χ0n) is 15.4. The Morgan fingerprint density at radius 1 is 1.10 bits per heavy atom. The molecule has 0 amide bonds. The van der Waals surface area contributed by atoms with Gasteiger partial charge in [0, 0.05) is 18.1 Å². The van der Waals surface area contributed by atoms with Gasteiger partial charge in [-0.25, -0.2) is 22.8 Å². The van der Waals surface area contributed by atoms with Gasteiger partial charge in [0.15, 0.2) is 21.3 Å². The number of anilines is 4. The summed E-state index contributed by atoms with van der Waals surface area (Å²) in [6.45, 7) is 1.73. The van der Waals surface area contributed by atoms with Crippen LogP contribution >= 0.6 is 0 Å². The van der Waals surface area contributed by atoms with E-state index in [9.17, 15) is 12.8 Å². The highest BCUT2D eigenvalue weighted by Gasteiger charge is 2.13. The fraction of sp³-hybridized carbons (Fsp3) is 0.111. The molecule has 0 atom stereocenters. The maximum Gasteiger partial charge on any atom is 0.229 e. The summed E-state index contributed by atoms with van der Waals surface area (Å²) in [5.74, 6) is 0.553. The molecule has 3 heterocycles. The second-order valence-electron chi connectivity index (χ2n) is 6.39. The number of H-pyrrole nitrogens is 1. The standard InChI is InChI=1S/C18H16FN7O2S/c1-10-3-4-12(8-14(10)29(2,27)28)22-18-20-6-5-15(24-18)23-17-13-7-11(19)9-21-16(13)25-26-17/h3-9H,1-2H3,(H3,20,21,22,23,24,25,26). The normalized spacial score (nSPS) is 11.6. The third-order valence-corrected chi connectivity index (χ3v) is 5.37. The Balaban J connectivity index is 1.60. The van der Waals surface area contributed by atoms with E-state index in [-0.39, 0.29) is 10.8 Å². The SMILES string of the molecule is Cc1ccc(Nc2nccc(Nc3n[nH]c4ncc(F)cc34)n2)cc1S(C)(=O)=O. The molecule has 0 radical (unpaired) electrons. The van der Waals surface area contributed by atoms with Crippen molar-refractivity contribution in [3.63, 3.8) is 0 Å². The lowest BCUT2D eigenvalue weighted by Gasteiger charge is -2.10. The number of hydrogen-bond donors (Lipinski definition) is 3. The Morgan fingerprint density at radius 3 is 2.72 bits per heavy atom. The Bertz CT molecular complexity index is 1320. The first-order chi connectivity index (χ1) is 13.8. The summed E-state index contributed by atoms with van der Waals surface area (Å²) in [4.78, 5) is 12.6. The Labute approximate surface area is 165 Å². The quantitative estimate of drug-likeness (QED) is 0.456. The van der Waals surface area contributed by atoms with E-state index >= 15 is 0 Å². The Kier molecular flexibility index (Phi) is 4.59. The average molecular weight is 413 g/mol. The van der Waals surface area contributed by atoms with Gasteiger partial charge in [-0.2, -0.15) is 10.1 Å². The van der Waals surface area contributed by atoms with Crippen molar-refractivity contribution in [3.05, 3.63) is 54.1 Å². The summed E-state index contributed by atoms with van der Waals surface area (Å²) in [5.41, 5.74) is 1.62. The van der Waals surface area contributed by atoms with Crippen LogP contribution in [0.2, 0.25) is 0 Å². The molecule has 0 aliphatic rings. The van der Waals surface area contributed by atoms with Gasteiger partial charge in [-0.1, -0.05) is 6.07 Å². The van der Waals surface area contributed by atoms with Crippen LogP contribution in [-0.2, 0) is 9.84 Å². The molecule has 4 rings (SSSR count). The molecule has 29 heavy (non-hydrogen) atoms. The summed E-state index contributed by atoms with van der Waals surface area (Å²) in [5, 5.41) is 13.2. The molecule has 3 N–H and O–H groups in total. The highest BCUT2D eigenvalue weighted by Crippen LogP contribution is 2.24. The lowest BCUT2D eigenvalue weighted by Crippen LogP contribution is -2.03. The summed E-state index contributed by atoms with van der Waals surface area (Å²) >= 11 is 0. The van der Waals surface area contributed by atoms with Crippen LogP contribution in [0.4, 0.5) is 27.7 Å². The van der Waals surface area contributed by atoms with E-state index in [1.54, 1.807) is 25.1 Å². The number of halogens is 1. The number of hydrogen-bond acceptors (Lipinski definition) is 8. The first-order valence-electron chi connectivity index (χ1n) is 8.47. The second kappa shape index (κ2) is 7.09. The molecule has 3 aromatic heterocycles. The molecule has 0 fully saturated rings. The first-order valence-corrected chi connectivity index (χ1v) is 10.4. The van der Waals surface area contributed by atoms with Gasteiger partial charge in [0.1, 0.15) is 11.6 Å². The van der Waals surface area contributed by atoms with Gasteiger partial charge in [-0.3, -0.25) is 5.10 Å². The zero-order valence-corrected chi connectivity index (χ0v) is 16.2. The minimum absolute atomic E-state index is 0.231. The van der Waals surface area contributed by atoms with E-state index in [0.717, 1.165) is 12.5 Å². The van der Waals surface area contributed by atoms with Crippen LogP contribution < -0.4 is 10.6 Å². The predicted octanol–water partition coefficient (Wildman–Crippen LogP) is 3.09. The lowest BCUT2D eigenvalue weighted by atomic mass is 10.2. The topological polar surface area (TPSA) is 126 Å². The number of aromatic amines is 1. The van der Waals surface area contributed by atoms with Crippen molar-refractivity contribution in [1.29, 1.82) is 0 Å². The molecule has 0 spiro atoms. The number of pyridine rings is 1. The number of benzene rings is 1. The van der Waals surface area contributed by atoms with E-state index in [0.29, 0.717) is 33.9 Å². The molecule has 0 saturated carbocycles. The van der Waals surface area contributed by atoms with E-state index in [1.807, 2.05) is 0 Å². The smallest absolute Gasteiger partial charge is 0.229 e. The van der Waals surface area contributed by atoms with Crippen molar-refractivity contribution in [2.75, 3.05) is 16.9 Å². The molecule has 4 aromatic rings. The summed E-state index contributed by atoms with van der Waals surface area (Å²) in [6, 6.07) is 7.91. The molecule has 0 aliphatic carbocycles. The van der Waals surface area contributed by atoms with Gasteiger partial charge in [-0.05, 0) is 36.8 Å². The number of aryl methyl sites for hydroxylation is 1. The number of rotatable bonds is 5. The maximum atomic E-state index is 13.5. The number of nitrogens with one attached hydrogen (secondary N) is 3. The minimum atomic E-state index is -3.36. The molecule has 0 aliphatic heterocycles. The highest BCUT2D eigenvalue weighted by molar-refractivity contribution is 7.90. The molecule has 0 bridgehead atoms. The highest BCUT2D eigenvalue weighted by atomic mass is 32.2. The predicted molar refractivity (Wildman–Crippen MR) is 107 cm³/mol. The van der Waals surface area contributed by atoms with Crippen molar-refractivity contribution in [1.82, 2.24) is 25.1 Å². The molecule has 11 heteroatoms. The van der Waals surface area contributed by atoms with Crippen LogP contribution in [0.15, 0.2) is 47.6 Å². The van der Waals surface area contributed by atoms with E-state index in [4.69, 9.17) is 0 Å². The molecule has 148 valence electrons. The van der Waals surface area contributed by atoms with E-state index in [2.05, 4.69) is 35.8 Å². The van der Waals surface area contributed by atoms with Crippen molar-refractivity contribution < 1.29 is 12.8 Å². The van der Waals surface area contributed by atoms with Crippen molar-refractivity contribution in [3.8, 4) is 0 Å². The maximum absolute atomic E-state index is 13.5. The lowest BCUT2D eigenvalue weighted by molar-refractivity contribution is 0.601. The third kappa shape index (κ3) is 3.99. The molecule has 0 unspecified atom stereocenters. The van der Waals surface area contributed by atoms with Gasteiger partial charge >= 0.3 is 0 Å². The third-order valence-electron chi connectivity index (χ3n) is 4.13. The van der Waals surface area contributed by atoms with E-state index in [1.165, 1.54) is 18.3 Å². The number of nitrogens with zero attached hydrogens (tertiary/aromatic N) is 4. The Hall–Kier alpha value is -3.60. The molecule has 1 aromatic carbocycles. The number of fused-ring (bicyclic) bond motifs is 1. The monoisotopic (exact) mass is 413 g/mol. The van der Waals surface area contributed by atoms with Crippen molar-refractivity contribution in [2.45, 2.75) is 11.8 Å². The van der Waals surface area contributed by atoms with Gasteiger partial charge in [-0.15, -0.1) is 0 Å². The first kappa shape index (κ1) is 18.7. The fourth-order valence-electron chi connectivity index (χ4n) is 2.79. The molecule has 0 saturated heterocycles. The van der Waals surface area contributed by atoms with Gasteiger partial charge < -0.3 is 10.6 Å². The van der Waals surface area contributed by atoms with Crippen LogP contribution in [0.3, 0.4) is 0 Å². The largest absolute Gasteiger partial charge is 0.324 e. The number of aromatic nitrogens is 5. The summed E-state index contributed by atoms with van der Waals surface area (Å²) in [7, 11) is -3.36. The van der Waals surface area contributed by atoms with Crippen molar-refractivity contribution in [2.24, 2.45) is 0 Å². The average Bonchev–Trinajstić information content (AvgIpc) is 3.05. The second-order valence-corrected chi connectivity index (χ2v) is 8.37. The Morgan fingerprint density at radius 2 is 1.93 bits per heavy atom. The van der Waals surface area contributed by atoms with Crippen LogP contribution in [0, 0.1) is 12.7 Å². The zero-order chi connectivity index (χ0) is 20.6. The summed E-state index contributed by atoms with van der Waals surface area (Å²) in [6.07, 6.45) is 3.78. The van der Waals surface area contributed by atoms with Crippen LogP contribution in [0.1, 0.15) is 5.56 Å². The number of sulfone groups is 1. The minimum Gasteiger partial charge on any atom is -0.324 e. The van der Waals surface area contributed by atoms with Gasteiger partial charge in [0.2, 0.25) is 5.95 Å². The van der Waals surface area contributed by atoms with Crippen molar-refractivity contribution >= 4 is 44.1 Å².